The zero-order chi connectivity index (χ0) is 14.2. The molecule has 0 radical (unpaired) electrons. The fourth-order valence-corrected chi connectivity index (χ4v) is 2.56. The molecule has 0 aromatic carbocycles. The smallest absolute Gasteiger partial charge is 0.311 e. The minimum Gasteiger partial charge on any atom is -0.481 e. The maximum absolute atomic E-state index is 12.4. The molecule has 1 aromatic rings. The normalized spacial score (nSPS) is 23.4. The van der Waals surface area contributed by atoms with Gasteiger partial charge in [0, 0.05) is 20.1 Å². The molecule has 1 unspecified atom stereocenters. The number of carbonyl (C=O) groups is 2. The molecule has 104 valence electrons. The maximum atomic E-state index is 12.4. The van der Waals surface area contributed by atoms with Crippen molar-refractivity contribution in [3.63, 3.8) is 0 Å². The van der Waals surface area contributed by atoms with E-state index in [4.69, 9.17) is 0 Å². The van der Waals surface area contributed by atoms with E-state index in [-0.39, 0.29) is 12.5 Å². The van der Waals surface area contributed by atoms with Crippen LogP contribution >= 0.6 is 0 Å². The van der Waals surface area contributed by atoms with Crippen LogP contribution in [-0.2, 0) is 11.8 Å². The fourth-order valence-electron chi connectivity index (χ4n) is 2.56. The van der Waals surface area contributed by atoms with Gasteiger partial charge in [-0.15, -0.1) is 0 Å². The first-order valence-electron chi connectivity index (χ1n) is 6.37. The third kappa shape index (κ3) is 2.47. The molecule has 6 nitrogen and oxygen atoms in total. The van der Waals surface area contributed by atoms with Crippen molar-refractivity contribution >= 4 is 11.9 Å². The minimum atomic E-state index is -0.846. The number of nitrogens with zero attached hydrogens (tertiary/aromatic N) is 3. The van der Waals surface area contributed by atoms with Gasteiger partial charge >= 0.3 is 5.97 Å². The van der Waals surface area contributed by atoms with Crippen LogP contribution in [0, 0.1) is 12.3 Å². The Hall–Kier alpha value is -1.85. The van der Waals surface area contributed by atoms with Crippen LogP contribution in [0.3, 0.4) is 0 Å². The number of rotatable bonds is 2. The first-order valence-corrected chi connectivity index (χ1v) is 6.37. The third-order valence-electron chi connectivity index (χ3n) is 3.72. The van der Waals surface area contributed by atoms with Crippen LogP contribution in [0.2, 0.25) is 0 Å². The summed E-state index contributed by atoms with van der Waals surface area (Å²) in [5.74, 6) is -0.985. The lowest BCUT2D eigenvalue weighted by atomic mass is 9.82. The molecule has 19 heavy (non-hydrogen) atoms. The molecule has 2 rings (SSSR count). The second-order valence-corrected chi connectivity index (χ2v) is 5.49. The number of aromatic nitrogens is 2. The summed E-state index contributed by atoms with van der Waals surface area (Å²) in [6, 6.07) is 1.73. The summed E-state index contributed by atoms with van der Waals surface area (Å²) in [7, 11) is 1.72. The molecule has 1 aromatic heterocycles. The summed E-state index contributed by atoms with van der Waals surface area (Å²) < 4.78 is 1.55. The number of carbonyl (C=O) groups excluding carboxylic acids is 1. The Labute approximate surface area is 112 Å². The number of hydrogen-bond acceptors (Lipinski definition) is 3. The Morgan fingerprint density at radius 3 is 2.68 bits per heavy atom. The van der Waals surface area contributed by atoms with Crippen LogP contribution in [0.25, 0.3) is 0 Å². The van der Waals surface area contributed by atoms with Gasteiger partial charge in [0.15, 0.2) is 0 Å². The number of amides is 1. The summed E-state index contributed by atoms with van der Waals surface area (Å²) in [5, 5.41) is 13.4. The molecule has 1 amide bonds. The average Bonchev–Trinajstić information content (AvgIpc) is 2.67. The van der Waals surface area contributed by atoms with Gasteiger partial charge in [-0.05, 0) is 32.8 Å². The summed E-state index contributed by atoms with van der Waals surface area (Å²) in [5.41, 5.74) is 0.442. The fraction of sp³-hybridized carbons (Fsp3) is 0.615. The van der Waals surface area contributed by atoms with Crippen molar-refractivity contribution in [3.05, 3.63) is 17.5 Å². The van der Waals surface area contributed by atoms with Crippen molar-refractivity contribution in [2.24, 2.45) is 12.5 Å². The molecule has 0 bridgehead atoms. The van der Waals surface area contributed by atoms with E-state index in [0.29, 0.717) is 25.1 Å². The van der Waals surface area contributed by atoms with Gasteiger partial charge in [-0.2, -0.15) is 5.10 Å². The van der Waals surface area contributed by atoms with Crippen molar-refractivity contribution in [1.29, 1.82) is 0 Å². The average molecular weight is 265 g/mol. The first-order chi connectivity index (χ1) is 8.83. The number of carboxylic acids is 1. The van der Waals surface area contributed by atoms with Crippen molar-refractivity contribution in [2.75, 3.05) is 13.1 Å². The molecule has 1 aliphatic heterocycles. The standard InChI is InChI=1S/C13H19N3O3/c1-9-7-10(15(3)14-9)11(17)16-6-4-5-13(2,8-16)12(18)19/h7H,4-6,8H2,1-3H3,(H,18,19). The molecule has 0 saturated carbocycles. The number of aryl methyl sites for hydroxylation is 2. The second-order valence-electron chi connectivity index (χ2n) is 5.49. The van der Waals surface area contributed by atoms with Crippen LogP contribution in [0.4, 0.5) is 0 Å². The topological polar surface area (TPSA) is 75.4 Å². The van der Waals surface area contributed by atoms with E-state index in [1.165, 1.54) is 0 Å². The van der Waals surface area contributed by atoms with Crippen LogP contribution < -0.4 is 0 Å². The highest BCUT2D eigenvalue weighted by atomic mass is 16.4. The van der Waals surface area contributed by atoms with E-state index in [9.17, 15) is 14.7 Å². The SMILES string of the molecule is Cc1cc(C(=O)N2CCCC(C)(C(=O)O)C2)n(C)n1. The van der Waals surface area contributed by atoms with E-state index in [0.717, 1.165) is 5.69 Å². The maximum Gasteiger partial charge on any atom is 0.311 e. The van der Waals surface area contributed by atoms with Crippen molar-refractivity contribution < 1.29 is 14.7 Å². The Morgan fingerprint density at radius 1 is 1.47 bits per heavy atom. The van der Waals surface area contributed by atoms with Crippen LogP contribution in [0.1, 0.15) is 35.9 Å². The lowest BCUT2D eigenvalue weighted by Gasteiger charge is -2.37. The Kier molecular flexibility index (Phi) is 3.34. The molecule has 1 saturated heterocycles. The monoisotopic (exact) mass is 265 g/mol. The molecule has 1 fully saturated rings. The predicted molar refractivity (Wildman–Crippen MR) is 68.8 cm³/mol. The third-order valence-corrected chi connectivity index (χ3v) is 3.72. The molecular formula is C13H19N3O3. The van der Waals surface area contributed by atoms with E-state index >= 15 is 0 Å². The van der Waals surface area contributed by atoms with Crippen molar-refractivity contribution in [2.45, 2.75) is 26.7 Å². The van der Waals surface area contributed by atoms with Crippen LogP contribution in [0.5, 0.6) is 0 Å². The molecule has 0 aliphatic carbocycles. The largest absolute Gasteiger partial charge is 0.481 e. The zero-order valence-corrected chi connectivity index (χ0v) is 11.5. The second kappa shape index (κ2) is 4.68. The van der Waals surface area contributed by atoms with E-state index < -0.39 is 11.4 Å². The summed E-state index contributed by atoms with van der Waals surface area (Å²) in [6.07, 6.45) is 1.32. The molecule has 2 heterocycles. The highest BCUT2D eigenvalue weighted by Crippen LogP contribution is 2.30. The first kappa shape index (κ1) is 13.6. The Balaban J connectivity index is 2.20. The van der Waals surface area contributed by atoms with Gasteiger partial charge < -0.3 is 10.0 Å². The van der Waals surface area contributed by atoms with Gasteiger partial charge in [0.05, 0.1) is 11.1 Å². The summed E-state index contributed by atoms with van der Waals surface area (Å²) in [4.78, 5) is 25.3. The van der Waals surface area contributed by atoms with Gasteiger partial charge in [0.1, 0.15) is 5.69 Å². The summed E-state index contributed by atoms with van der Waals surface area (Å²) in [6.45, 7) is 4.38. The highest BCUT2D eigenvalue weighted by molar-refractivity contribution is 5.93. The lowest BCUT2D eigenvalue weighted by Crippen LogP contribution is -2.48. The number of piperidine rings is 1. The van der Waals surface area contributed by atoms with Gasteiger partial charge in [0.25, 0.3) is 5.91 Å². The van der Waals surface area contributed by atoms with Crippen LogP contribution in [-0.4, -0.2) is 44.8 Å². The molecule has 1 aliphatic rings. The van der Waals surface area contributed by atoms with Crippen molar-refractivity contribution in [1.82, 2.24) is 14.7 Å². The predicted octanol–water partition coefficient (Wildman–Crippen LogP) is 1.06. The van der Waals surface area contributed by atoms with Gasteiger partial charge in [-0.25, -0.2) is 0 Å². The quantitative estimate of drug-likeness (QED) is 0.867. The molecule has 6 heteroatoms. The molecular weight excluding hydrogens is 246 g/mol. The highest BCUT2D eigenvalue weighted by Gasteiger charge is 2.39. The zero-order valence-electron chi connectivity index (χ0n) is 11.5. The Bertz CT molecular complexity index is 523. The lowest BCUT2D eigenvalue weighted by molar-refractivity contribution is -0.150. The number of aliphatic carboxylic acids is 1. The Morgan fingerprint density at radius 2 is 2.16 bits per heavy atom. The van der Waals surface area contributed by atoms with E-state index in [1.807, 2.05) is 6.92 Å². The van der Waals surface area contributed by atoms with Crippen molar-refractivity contribution in [3.8, 4) is 0 Å². The number of likely N-dealkylation sites (tertiary alicyclic amines) is 1. The van der Waals surface area contributed by atoms with Gasteiger partial charge in [-0.1, -0.05) is 0 Å². The van der Waals surface area contributed by atoms with E-state index in [1.54, 1.807) is 29.6 Å². The minimum absolute atomic E-state index is 0.143. The molecule has 1 N–H and O–H groups in total. The summed E-state index contributed by atoms with van der Waals surface area (Å²) >= 11 is 0. The molecule has 0 spiro atoms. The van der Waals surface area contributed by atoms with Gasteiger partial charge in [-0.3, -0.25) is 14.3 Å². The number of carboxylic acid groups (broad SMARTS) is 1. The van der Waals surface area contributed by atoms with Gasteiger partial charge in [0.2, 0.25) is 0 Å². The van der Waals surface area contributed by atoms with Crippen LogP contribution in [0.15, 0.2) is 6.07 Å². The molecule has 1 atom stereocenters. The number of hydrogen-bond donors (Lipinski definition) is 1. The van der Waals surface area contributed by atoms with E-state index in [2.05, 4.69) is 5.10 Å².